The highest BCUT2D eigenvalue weighted by Gasteiger charge is 2.59. The molecule has 0 bridgehead atoms. The molecule has 3 N–H and O–H groups in total. The smallest absolute Gasteiger partial charge is 0.416 e. The Morgan fingerprint density at radius 1 is 1.05 bits per heavy atom. The third-order valence-corrected chi connectivity index (χ3v) is 9.36. The van der Waals surface area contributed by atoms with Crippen LogP contribution in [0.4, 0.5) is 27.6 Å². The fraction of sp³-hybridized carbons (Fsp3) is 0.321. The summed E-state index contributed by atoms with van der Waals surface area (Å²) in [4.78, 5) is 11.5. The van der Waals surface area contributed by atoms with E-state index >= 15 is 0 Å². The van der Waals surface area contributed by atoms with E-state index in [1.807, 2.05) is 0 Å². The summed E-state index contributed by atoms with van der Waals surface area (Å²) in [5.41, 5.74) is -4.78. The first-order chi connectivity index (χ1) is 19.6. The number of carbonyl (C=O) groups is 1. The molecule has 14 heteroatoms. The molecule has 5 rings (SSSR count). The van der Waals surface area contributed by atoms with Gasteiger partial charge in [-0.25, -0.2) is 17.2 Å². The summed E-state index contributed by atoms with van der Waals surface area (Å²) in [7, 11) is -4.75. The van der Waals surface area contributed by atoms with Crippen molar-refractivity contribution in [3.63, 3.8) is 0 Å². The quantitative estimate of drug-likeness (QED) is 0.333. The normalized spacial score (nSPS) is 24.0. The summed E-state index contributed by atoms with van der Waals surface area (Å²) >= 11 is 0. The standard InChI is InChI=1S/C28H24F5NO7S/c29-18-5-6-22(30)21(10-18)16-4-7-24-23(8-16)34(42(39,40)20-3-1-2-17(9-20)28(31,32)33)12-19(41-24)11-26(25(36)37)13-27(38,14-26)15-35/h1-10,19,35,38H,11-15H2,(H,36,37)/t19-,26-,27-/m0/s1. The van der Waals surface area contributed by atoms with Crippen LogP contribution in [0.3, 0.4) is 0 Å². The van der Waals surface area contributed by atoms with E-state index in [1.165, 1.54) is 18.2 Å². The second kappa shape index (κ2) is 10.2. The molecule has 0 spiro atoms. The van der Waals surface area contributed by atoms with E-state index < -0.39 is 74.5 Å². The van der Waals surface area contributed by atoms with Gasteiger partial charge in [0.1, 0.15) is 23.5 Å². The van der Waals surface area contributed by atoms with Crippen molar-refractivity contribution >= 4 is 21.7 Å². The SMILES string of the molecule is O=C(O)[C@]1(C[C@H]2CN(S(=O)(=O)c3cccc(C(F)(F)F)c3)c3cc(-c4cc(F)ccc4F)ccc3O2)C[C@](O)(CO)C1. The first-order valence-corrected chi connectivity index (χ1v) is 14.0. The number of anilines is 1. The van der Waals surface area contributed by atoms with Crippen molar-refractivity contribution in [3.05, 3.63) is 77.9 Å². The topological polar surface area (TPSA) is 124 Å². The fourth-order valence-electron chi connectivity index (χ4n) is 5.63. The number of ether oxygens (including phenoxy) is 1. The Kier molecular flexibility index (Phi) is 7.23. The lowest BCUT2D eigenvalue weighted by atomic mass is 9.57. The highest BCUT2D eigenvalue weighted by molar-refractivity contribution is 7.92. The Morgan fingerprint density at radius 2 is 1.76 bits per heavy atom. The van der Waals surface area contributed by atoms with Gasteiger partial charge in [0.05, 0.1) is 40.3 Å². The summed E-state index contributed by atoms with van der Waals surface area (Å²) in [6.07, 6.45) is -6.97. The zero-order chi connectivity index (χ0) is 30.7. The molecule has 1 saturated carbocycles. The van der Waals surface area contributed by atoms with Gasteiger partial charge < -0.3 is 20.1 Å². The van der Waals surface area contributed by atoms with E-state index in [2.05, 4.69) is 0 Å². The van der Waals surface area contributed by atoms with E-state index in [9.17, 15) is 50.5 Å². The van der Waals surface area contributed by atoms with Crippen LogP contribution in [-0.2, 0) is 21.0 Å². The number of hydrogen-bond donors (Lipinski definition) is 3. The molecule has 1 aliphatic heterocycles. The molecular weight excluding hydrogens is 589 g/mol. The molecule has 42 heavy (non-hydrogen) atoms. The average molecular weight is 614 g/mol. The third-order valence-electron chi connectivity index (χ3n) is 7.58. The van der Waals surface area contributed by atoms with Crippen molar-refractivity contribution < 1.29 is 55.2 Å². The van der Waals surface area contributed by atoms with Crippen molar-refractivity contribution in [2.75, 3.05) is 17.5 Å². The molecule has 0 saturated heterocycles. The lowest BCUT2D eigenvalue weighted by molar-refractivity contribution is -0.193. The van der Waals surface area contributed by atoms with Crippen LogP contribution in [0, 0.1) is 17.0 Å². The van der Waals surface area contributed by atoms with E-state index in [4.69, 9.17) is 4.74 Å². The first kappa shape index (κ1) is 29.7. The first-order valence-electron chi connectivity index (χ1n) is 12.6. The van der Waals surface area contributed by atoms with Gasteiger partial charge in [0, 0.05) is 12.0 Å². The molecule has 3 aromatic rings. The lowest BCUT2D eigenvalue weighted by Crippen LogP contribution is -2.60. The minimum Gasteiger partial charge on any atom is -0.486 e. The highest BCUT2D eigenvalue weighted by Crippen LogP contribution is 2.53. The molecule has 1 atom stereocenters. The Balaban J connectivity index is 1.60. The molecule has 1 aliphatic carbocycles. The Morgan fingerprint density at radius 3 is 2.40 bits per heavy atom. The van der Waals surface area contributed by atoms with Crippen molar-refractivity contribution in [3.8, 4) is 16.9 Å². The molecular formula is C28H24F5NO7S. The number of carboxylic acid groups (broad SMARTS) is 1. The number of aliphatic hydroxyl groups is 2. The number of fused-ring (bicyclic) bond motifs is 1. The maximum absolute atomic E-state index is 14.6. The molecule has 0 amide bonds. The second-order valence-electron chi connectivity index (χ2n) is 10.6. The maximum atomic E-state index is 14.6. The van der Waals surface area contributed by atoms with Gasteiger partial charge in [-0.05, 0) is 66.9 Å². The number of carboxylic acids is 1. The summed E-state index contributed by atoms with van der Waals surface area (Å²) in [6.45, 7) is -1.24. The minimum absolute atomic E-state index is 0.0473. The van der Waals surface area contributed by atoms with Crippen molar-refractivity contribution in [2.24, 2.45) is 5.41 Å². The van der Waals surface area contributed by atoms with E-state index in [0.29, 0.717) is 12.1 Å². The predicted molar refractivity (Wildman–Crippen MR) is 138 cm³/mol. The second-order valence-corrected chi connectivity index (χ2v) is 12.5. The Hall–Kier alpha value is -3.75. The van der Waals surface area contributed by atoms with E-state index in [0.717, 1.165) is 34.6 Å². The van der Waals surface area contributed by atoms with Crippen LogP contribution >= 0.6 is 0 Å². The summed E-state index contributed by atoms with van der Waals surface area (Å²) in [6, 6.07) is 9.52. The zero-order valence-corrected chi connectivity index (χ0v) is 22.4. The number of alkyl halides is 3. The van der Waals surface area contributed by atoms with Crippen LogP contribution in [0.15, 0.2) is 65.6 Å². The number of benzene rings is 3. The zero-order valence-electron chi connectivity index (χ0n) is 21.6. The van der Waals surface area contributed by atoms with Crippen molar-refractivity contribution in [2.45, 2.75) is 42.0 Å². The monoisotopic (exact) mass is 613 g/mol. The maximum Gasteiger partial charge on any atom is 0.416 e. The minimum atomic E-state index is -4.85. The van der Waals surface area contributed by atoms with Crippen LogP contribution in [0.25, 0.3) is 11.1 Å². The van der Waals surface area contributed by atoms with Gasteiger partial charge in [0.15, 0.2) is 0 Å². The molecule has 3 aromatic carbocycles. The van der Waals surface area contributed by atoms with Gasteiger partial charge in [-0.1, -0.05) is 12.1 Å². The number of aliphatic carboxylic acids is 1. The summed E-state index contributed by atoms with van der Waals surface area (Å²) < 4.78 is 103. The number of nitrogens with zero attached hydrogens (tertiary/aromatic N) is 1. The van der Waals surface area contributed by atoms with Crippen LogP contribution in [0.5, 0.6) is 5.75 Å². The fourth-order valence-corrected chi connectivity index (χ4v) is 7.18. The number of sulfonamides is 1. The van der Waals surface area contributed by atoms with Crippen LogP contribution in [-0.4, -0.2) is 54.6 Å². The lowest BCUT2D eigenvalue weighted by Gasteiger charge is -2.51. The third kappa shape index (κ3) is 5.29. The predicted octanol–water partition coefficient (Wildman–Crippen LogP) is 4.59. The highest BCUT2D eigenvalue weighted by atomic mass is 32.2. The molecule has 2 aliphatic rings. The molecule has 1 fully saturated rings. The Labute approximate surface area is 236 Å². The largest absolute Gasteiger partial charge is 0.486 e. The number of hydrogen-bond acceptors (Lipinski definition) is 6. The number of halogens is 5. The summed E-state index contributed by atoms with van der Waals surface area (Å²) in [5, 5.41) is 29.6. The Bertz CT molecular complexity index is 1650. The van der Waals surface area contributed by atoms with Crippen molar-refractivity contribution in [1.82, 2.24) is 0 Å². The van der Waals surface area contributed by atoms with Gasteiger partial charge >= 0.3 is 12.1 Å². The van der Waals surface area contributed by atoms with Crippen molar-refractivity contribution in [1.29, 1.82) is 0 Å². The van der Waals surface area contributed by atoms with Crippen LogP contribution in [0.2, 0.25) is 0 Å². The van der Waals surface area contributed by atoms with Gasteiger partial charge in [-0.3, -0.25) is 9.10 Å². The van der Waals surface area contributed by atoms with Gasteiger partial charge in [-0.2, -0.15) is 13.2 Å². The molecule has 0 radical (unpaired) electrons. The molecule has 224 valence electrons. The molecule has 1 heterocycles. The molecule has 8 nitrogen and oxygen atoms in total. The number of rotatable bonds is 7. The molecule has 0 aromatic heterocycles. The molecule has 0 unspecified atom stereocenters. The van der Waals surface area contributed by atoms with E-state index in [1.54, 1.807) is 0 Å². The van der Waals surface area contributed by atoms with Gasteiger partial charge in [0.25, 0.3) is 10.0 Å². The van der Waals surface area contributed by atoms with Crippen LogP contribution < -0.4 is 9.04 Å². The van der Waals surface area contributed by atoms with Gasteiger partial charge in [0.2, 0.25) is 0 Å². The van der Waals surface area contributed by atoms with E-state index in [-0.39, 0.29) is 41.8 Å². The van der Waals surface area contributed by atoms with Gasteiger partial charge in [-0.15, -0.1) is 0 Å². The summed E-state index contributed by atoms with van der Waals surface area (Å²) in [5.74, 6) is -2.99. The number of aliphatic hydroxyl groups excluding tert-OH is 1. The average Bonchev–Trinajstić information content (AvgIpc) is 2.92. The van der Waals surface area contributed by atoms with Crippen LogP contribution in [0.1, 0.15) is 24.8 Å².